The summed E-state index contributed by atoms with van der Waals surface area (Å²) in [7, 11) is 1.82. The molecule has 0 spiro atoms. The molecule has 0 fully saturated rings. The van der Waals surface area contributed by atoms with Crippen LogP contribution >= 0.6 is 0 Å². The molecule has 0 bridgehead atoms. The highest BCUT2D eigenvalue weighted by Crippen LogP contribution is 2.16. The van der Waals surface area contributed by atoms with Crippen LogP contribution < -0.4 is 11.2 Å². The van der Waals surface area contributed by atoms with E-state index in [1.165, 1.54) is 4.57 Å². The first-order valence-corrected chi connectivity index (χ1v) is 6.95. The first kappa shape index (κ1) is 14.8. The first-order chi connectivity index (χ1) is 10.9. The highest BCUT2D eigenvalue weighted by Gasteiger charge is 2.17. The Balaban J connectivity index is 2.35. The molecule has 0 aliphatic rings. The summed E-state index contributed by atoms with van der Waals surface area (Å²) in [5.41, 5.74) is 0.186. The molecule has 8 heteroatoms. The Kier molecular flexibility index (Phi) is 3.36. The van der Waals surface area contributed by atoms with Gasteiger partial charge >= 0.3 is 11.7 Å². The van der Waals surface area contributed by atoms with Gasteiger partial charge in [-0.2, -0.15) is 0 Å². The van der Waals surface area contributed by atoms with Crippen molar-refractivity contribution < 1.29 is 9.90 Å². The predicted octanol–water partition coefficient (Wildman–Crippen LogP) is 0.604. The number of hydrogen-bond acceptors (Lipinski definition) is 4. The van der Waals surface area contributed by atoms with Gasteiger partial charge in [-0.05, 0) is 25.1 Å². The molecule has 3 aromatic rings. The van der Waals surface area contributed by atoms with Crippen LogP contribution in [0.15, 0.2) is 40.3 Å². The molecule has 0 aliphatic heterocycles. The number of aryl methyl sites for hydroxylation is 1. The monoisotopic (exact) mass is 314 g/mol. The SMILES string of the molecule is CCn1c(=O)c(C(=O)O)cn(-c2ccc3ncn(C)c3c2)c1=O. The van der Waals surface area contributed by atoms with Crippen molar-refractivity contribution in [1.82, 2.24) is 18.7 Å². The largest absolute Gasteiger partial charge is 0.477 e. The number of imidazole rings is 1. The van der Waals surface area contributed by atoms with Gasteiger partial charge in [0.2, 0.25) is 0 Å². The van der Waals surface area contributed by atoms with E-state index in [1.54, 1.807) is 36.0 Å². The molecule has 2 aromatic heterocycles. The van der Waals surface area contributed by atoms with Crippen molar-refractivity contribution in [1.29, 1.82) is 0 Å². The average molecular weight is 314 g/mol. The number of hydrogen-bond donors (Lipinski definition) is 1. The van der Waals surface area contributed by atoms with E-state index >= 15 is 0 Å². The Bertz CT molecular complexity index is 1040. The average Bonchev–Trinajstić information content (AvgIpc) is 2.88. The molecular weight excluding hydrogens is 300 g/mol. The van der Waals surface area contributed by atoms with Gasteiger partial charge in [-0.25, -0.2) is 14.6 Å². The lowest BCUT2D eigenvalue weighted by Gasteiger charge is -2.10. The molecule has 0 atom stereocenters. The molecule has 0 aliphatic carbocycles. The fourth-order valence-corrected chi connectivity index (χ4v) is 2.48. The van der Waals surface area contributed by atoms with Crippen molar-refractivity contribution in [2.45, 2.75) is 13.5 Å². The lowest BCUT2D eigenvalue weighted by Crippen LogP contribution is -2.41. The Morgan fingerprint density at radius 3 is 2.70 bits per heavy atom. The highest BCUT2D eigenvalue weighted by atomic mass is 16.4. The molecular formula is C15H14N4O4. The minimum Gasteiger partial charge on any atom is -0.477 e. The molecule has 0 unspecified atom stereocenters. The molecule has 0 radical (unpaired) electrons. The second-order valence-corrected chi connectivity index (χ2v) is 5.08. The minimum atomic E-state index is -1.37. The number of fused-ring (bicyclic) bond motifs is 1. The zero-order valence-corrected chi connectivity index (χ0v) is 12.6. The summed E-state index contributed by atoms with van der Waals surface area (Å²) in [6, 6.07) is 5.12. The first-order valence-electron chi connectivity index (χ1n) is 6.95. The van der Waals surface area contributed by atoms with Gasteiger partial charge in [0, 0.05) is 19.8 Å². The van der Waals surface area contributed by atoms with E-state index in [0.717, 1.165) is 21.8 Å². The van der Waals surface area contributed by atoms with Crippen molar-refractivity contribution in [3.63, 3.8) is 0 Å². The minimum absolute atomic E-state index is 0.0900. The van der Waals surface area contributed by atoms with Crippen molar-refractivity contribution in [3.8, 4) is 5.69 Å². The smallest absolute Gasteiger partial charge is 0.342 e. The second-order valence-electron chi connectivity index (χ2n) is 5.08. The van der Waals surface area contributed by atoms with Crippen molar-refractivity contribution in [3.05, 3.63) is 57.1 Å². The van der Waals surface area contributed by atoms with Gasteiger partial charge in [0.1, 0.15) is 5.56 Å². The number of nitrogens with zero attached hydrogens (tertiary/aromatic N) is 4. The van der Waals surface area contributed by atoms with Crippen LogP contribution in [0.2, 0.25) is 0 Å². The van der Waals surface area contributed by atoms with Crippen molar-refractivity contribution in [2.24, 2.45) is 7.05 Å². The molecule has 0 saturated carbocycles. The number of benzene rings is 1. The summed E-state index contributed by atoms with van der Waals surface area (Å²) in [6.07, 6.45) is 2.71. The quantitative estimate of drug-likeness (QED) is 0.763. The van der Waals surface area contributed by atoms with Crippen LogP contribution in [-0.2, 0) is 13.6 Å². The molecule has 1 aromatic carbocycles. The summed E-state index contributed by atoms with van der Waals surface area (Å²) in [4.78, 5) is 40.0. The third-order valence-electron chi connectivity index (χ3n) is 3.70. The summed E-state index contributed by atoms with van der Waals surface area (Å²) < 4.78 is 3.86. The number of carbonyl (C=O) groups is 1. The highest BCUT2D eigenvalue weighted by molar-refractivity contribution is 5.87. The van der Waals surface area contributed by atoms with E-state index in [1.807, 2.05) is 7.05 Å². The van der Waals surface area contributed by atoms with Gasteiger partial charge in [0.05, 0.1) is 23.0 Å². The normalized spacial score (nSPS) is 11.0. The zero-order valence-electron chi connectivity index (χ0n) is 12.6. The van der Waals surface area contributed by atoms with E-state index in [4.69, 9.17) is 0 Å². The third kappa shape index (κ3) is 2.24. The summed E-state index contributed by atoms with van der Waals surface area (Å²) in [5, 5.41) is 9.19. The van der Waals surface area contributed by atoms with Crippen LogP contribution in [-0.4, -0.2) is 29.8 Å². The number of carboxylic acid groups (broad SMARTS) is 1. The van der Waals surface area contributed by atoms with Crippen LogP contribution in [0.5, 0.6) is 0 Å². The topological polar surface area (TPSA) is 99.1 Å². The second kappa shape index (κ2) is 5.24. The molecule has 3 rings (SSSR count). The van der Waals surface area contributed by atoms with Gasteiger partial charge in [-0.15, -0.1) is 0 Å². The van der Waals surface area contributed by atoms with Gasteiger partial charge in [-0.1, -0.05) is 0 Å². The molecule has 23 heavy (non-hydrogen) atoms. The van der Waals surface area contributed by atoms with E-state index in [-0.39, 0.29) is 6.54 Å². The van der Waals surface area contributed by atoms with Crippen LogP contribution in [0.4, 0.5) is 0 Å². The summed E-state index contributed by atoms with van der Waals surface area (Å²) >= 11 is 0. The number of rotatable bonds is 3. The van der Waals surface area contributed by atoms with Crippen molar-refractivity contribution in [2.75, 3.05) is 0 Å². The van der Waals surface area contributed by atoms with Gasteiger partial charge in [-0.3, -0.25) is 13.9 Å². The van der Waals surface area contributed by atoms with Crippen LogP contribution in [0.1, 0.15) is 17.3 Å². The maximum absolute atomic E-state index is 12.5. The lowest BCUT2D eigenvalue weighted by molar-refractivity contribution is 0.0693. The molecule has 0 saturated heterocycles. The molecule has 2 heterocycles. The van der Waals surface area contributed by atoms with Gasteiger partial charge in [0.25, 0.3) is 5.56 Å². The van der Waals surface area contributed by atoms with Crippen LogP contribution in [0.3, 0.4) is 0 Å². The van der Waals surface area contributed by atoms with E-state index in [0.29, 0.717) is 5.69 Å². The maximum atomic E-state index is 12.5. The van der Waals surface area contributed by atoms with E-state index in [9.17, 15) is 19.5 Å². The number of carboxylic acids is 1. The standard InChI is InChI=1S/C15H14N4O4/c1-3-18-13(20)10(14(21)22)7-19(15(18)23)9-4-5-11-12(6-9)17(2)8-16-11/h4-8H,3H2,1-2H3,(H,21,22). The predicted molar refractivity (Wildman–Crippen MR) is 83.2 cm³/mol. The van der Waals surface area contributed by atoms with Crippen molar-refractivity contribution >= 4 is 17.0 Å². The van der Waals surface area contributed by atoms with E-state index in [2.05, 4.69) is 4.98 Å². The van der Waals surface area contributed by atoms with Gasteiger partial charge < -0.3 is 9.67 Å². The molecule has 1 N–H and O–H groups in total. The number of aromatic carboxylic acids is 1. The fraction of sp³-hybridized carbons (Fsp3) is 0.200. The summed E-state index contributed by atoms with van der Waals surface area (Å²) in [6.45, 7) is 1.70. The fourth-order valence-electron chi connectivity index (χ4n) is 2.48. The van der Waals surface area contributed by atoms with Crippen LogP contribution in [0.25, 0.3) is 16.7 Å². The number of aromatic nitrogens is 4. The summed E-state index contributed by atoms with van der Waals surface area (Å²) in [5.74, 6) is -1.37. The molecule has 118 valence electrons. The van der Waals surface area contributed by atoms with Gasteiger partial charge in [0.15, 0.2) is 0 Å². The Morgan fingerprint density at radius 1 is 1.30 bits per heavy atom. The Hall–Kier alpha value is -3.16. The molecule has 8 nitrogen and oxygen atoms in total. The molecule has 0 amide bonds. The van der Waals surface area contributed by atoms with E-state index < -0.39 is 22.8 Å². The Labute approximate surface area is 129 Å². The Morgan fingerprint density at radius 2 is 2.04 bits per heavy atom. The zero-order chi connectivity index (χ0) is 16.7. The van der Waals surface area contributed by atoms with Crippen LogP contribution in [0, 0.1) is 0 Å². The lowest BCUT2D eigenvalue weighted by atomic mass is 10.2. The maximum Gasteiger partial charge on any atom is 0.342 e. The third-order valence-corrected chi connectivity index (χ3v) is 3.70.